The van der Waals surface area contributed by atoms with Gasteiger partial charge in [-0.15, -0.1) is 11.3 Å². The first-order valence-corrected chi connectivity index (χ1v) is 10.0. The third-order valence-corrected chi connectivity index (χ3v) is 5.91. The maximum atomic E-state index is 12.9. The predicted octanol–water partition coefficient (Wildman–Crippen LogP) is 2.75. The highest BCUT2D eigenvalue weighted by atomic mass is 32.1. The smallest absolute Gasteiger partial charge is 0.348 e. The summed E-state index contributed by atoms with van der Waals surface area (Å²) in [4.78, 5) is 38.9. The largest absolute Gasteiger partial charge is 0.457 e. The van der Waals surface area contributed by atoms with Gasteiger partial charge >= 0.3 is 11.7 Å². The van der Waals surface area contributed by atoms with Crippen molar-refractivity contribution in [1.29, 1.82) is 0 Å². The number of carbonyl (C=O) groups excluding carboxylic acids is 1. The minimum Gasteiger partial charge on any atom is -0.457 e. The van der Waals surface area contributed by atoms with Crippen molar-refractivity contribution >= 4 is 33.2 Å². The SMILES string of the molecule is Cn1c(=O)n(Cc2ccccc2)c(=O)c2cc(C(=O)OCc3cccc(N)c3)sc21. The van der Waals surface area contributed by atoms with E-state index < -0.39 is 17.2 Å². The van der Waals surface area contributed by atoms with E-state index in [4.69, 9.17) is 10.5 Å². The lowest BCUT2D eigenvalue weighted by Crippen LogP contribution is -2.38. The molecule has 2 aromatic carbocycles. The highest BCUT2D eigenvalue weighted by molar-refractivity contribution is 7.20. The quantitative estimate of drug-likeness (QED) is 0.395. The summed E-state index contributed by atoms with van der Waals surface area (Å²) in [6.07, 6.45) is 0. The number of anilines is 1. The van der Waals surface area contributed by atoms with Gasteiger partial charge in [-0.25, -0.2) is 9.59 Å². The van der Waals surface area contributed by atoms with Crippen molar-refractivity contribution in [2.45, 2.75) is 13.2 Å². The molecule has 0 amide bonds. The molecule has 0 spiro atoms. The number of benzene rings is 2. The van der Waals surface area contributed by atoms with E-state index in [1.165, 1.54) is 15.2 Å². The lowest BCUT2D eigenvalue weighted by atomic mass is 10.2. The van der Waals surface area contributed by atoms with E-state index in [1.807, 2.05) is 30.3 Å². The van der Waals surface area contributed by atoms with E-state index in [9.17, 15) is 14.4 Å². The van der Waals surface area contributed by atoms with Crippen LogP contribution in [0.4, 0.5) is 5.69 Å². The molecular formula is C22H19N3O4S. The number of nitrogens with two attached hydrogens (primary N) is 1. The van der Waals surface area contributed by atoms with Crippen LogP contribution in [-0.4, -0.2) is 15.1 Å². The second-order valence-corrected chi connectivity index (χ2v) is 7.90. The number of hydrogen-bond acceptors (Lipinski definition) is 6. The summed E-state index contributed by atoms with van der Waals surface area (Å²) in [5.41, 5.74) is 7.07. The van der Waals surface area contributed by atoms with E-state index in [1.54, 1.807) is 31.3 Å². The van der Waals surface area contributed by atoms with Crippen LogP contribution < -0.4 is 17.0 Å². The van der Waals surface area contributed by atoms with Gasteiger partial charge in [0.2, 0.25) is 0 Å². The lowest BCUT2D eigenvalue weighted by molar-refractivity contribution is 0.0478. The van der Waals surface area contributed by atoms with Gasteiger partial charge in [0.1, 0.15) is 16.3 Å². The molecule has 0 bridgehead atoms. The number of hydrogen-bond donors (Lipinski definition) is 1. The van der Waals surface area contributed by atoms with Crippen LogP contribution in [0.1, 0.15) is 20.8 Å². The highest BCUT2D eigenvalue weighted by Crippen LogP contribution is 2.23. The van der Waals surface area contributed by atoms with Crippen LogP contribution in [-0.2, 0) is 24.9 Å². The number of esters is 1. The first-order chi connectivity index (χ1) is 14.4. The Kier molecular flexibility index (Phi) is 5.24. The number of nitrogen functional groups attached to an aromatic ring is 1. The number of thiophene rings is 1. The molecule has 2 N–H and O–H groups in total. The fraction of sp³-hybridized carbons (Fsp3) is 0.136. The molecule has 0 radical (unpaired) electrons. The van der Waals surface area contributed by atoms with Crippen LogP contribution in [0, 0.1) is 0 Å². The molecule has 4 aromatic rings. The van der Waals surface area contributed by atoms with E-state index in [0.717, 1.165) is 22.5 Å². The molecular weight excluding hydrogens is 402 g/mol. The normalized spacial score (nSPS) is 11.0. The van der Waals surface area contributed by atoms with Crippen LogP contribution in [0.15, 0.2) is 70.3 Å². The highest BCUT2D eigenvalue weighted by Gasteiger charge is 2.19. The van der Waals surface area contributed by atoms with Gasteiger partial charge < -0.3 is 10.5 Å². The zero-order valence-electron chi connectivity index (χ0n) is 16.2. The summed E-state index contributed by atoms with van der Waals surface area (Å²) < 4.78 is 7.92. The Hall–Kier alpha value is -3.65. The molecule has 0 saturated heterocycles. The number of carbonyl (C=O) groups is 1. The van der Waals surface area contributed by atoms with E-state index >= 15 is 0 Å². The fourth-order valence-corrected chi connectivity index (χ4v) is 4.19. The number of aromatic nitrogens is 2. The average molecular weight is 421 g/mol. The van der Waals surface area contributed by atoms with Gasteiger partial charge in [0.05, 0.1) is 11.9 Å². The average Bonchev–Trinajstić information content (AvgIpc) is 3.20. The maximum Gasteiger partial charge on any atom is 0.348 e. The third kappa shape index (κ3) is 3.77. The molecule has 0 fully saturated rings. The zero-order chi connectivity index (χ0) is 21.3. The van der Waals surface area contributed by atoms with E-state index in [-0.39, 0.29) is 18.0 Å². The van der Waals surface area contributed by atoms with Gasteiger partial charge in [-0.2, -0.15) is 0 Å². The Balaban J connectivity index is 1.66. The van der Waals surface area contributed by atoms with Gasteiger partial charge in [-0.05, 0) is 29.3 Å². The second-order valence-electron chi connectivity index (χ2n) is 6.87. The van der Waals surface area contributed by atoms with Crippen LogP contribution >= 0.6 is 11.3 Å². The van der Waals surface area contributed by atoms with Crippen LogP contribution in [0.2, 0.25) is 0 Å². The standard InChI is InChI=1S/C22H19N3O4S/c1-24-20-17(19(26)25(22(24)28)12-14-6-3-2-4-7-14)11-18(30-20)21(27)29-13-15-8-5-9-16(23)10-15/h2-11H,12-13,23H2,1H3. The maximum absolute atomic E-state index is 12.9. The molecule has 2 aromatic heterocycles. The Morgan fingerprint density at radius 2 is 1.77 bits per heavy atom. The van der Waals surface area contributed by atoms with E-state index in [2.05, 4.69) is 0 Å². The fourth-order valence-electron chi connectivity index (χ4n) is 3.19. The third-order valence-electron chi connectivity index (χ3n) is 4.72. The number of ether oxygens (including phenoxy) is 1. The summed E-state index contributed by atoms with van der Waals surface area (Å²) in [6.45, 7) is 0.225. The number of nitrogens with zero attached hydrogens (tertiary/aromatic N) is 2. The molecule has 0 atom stereocenters. The van der Waals surface area contributed by atoms with Gasteiger partial charge in [0.25, 0.3) is 5.56 Å². The zero-order valence-corrected chi connectivity index (χ0v) is 17.0. The van der Waals surface area contributed by atoms with Crippen LogP contribution in [0.5, 0.6) is 0 Å². The molecule has 4 rings (SSSR count). The molecule has 0 aliphatic carbocycles. The molecule has 8 heteroatoms. The van der Waals surface area contributed by atoms with Crippen molar-refractivity contribution in [2.24, 2.45) is 7.05 Å². The topological polar surface area (TPSA) is 96.3 Å². The number of aryl methyl sites for hydroxylation is 1. The summed E-state index contributed by atoms with van der Waals surface area (Å²) >= 11 is 1.06. The van der Waals surface area contributed by atoms with Crippen LogP contribution in [0.25, 0.3) is 10.2 Å². The predicted molar refractivity (Wildman–Crippen MR) is 117 cm³/mol. The van der Waals surface area contributed by atoms with Gasteiger partial charge in [-0.3, -0.25) is 13.9 Å². The molecule has 0 aliphatic heterocycles. The van der Waals surface area contributed by atoms with E-state index in [0.29, 0.717) is 15.9 Å². The summed E-state index contributed by atoms with van der Waals surface area (Å²) in [7, 11) is 1.59. The monoisotopic (exact) mass is 421 g/mol. The van der Waals surface area contributed by atoms with Crippen molar-refractivity contribution in [3.8, 4) is 0 Å². The molecule has 0 aliphatic rings. The molecule has 30 heavy (non-hydrogen) atoms. The molecule has 0 saturated carbocycles. The minimum absolute atomic E-state index is 0.0648. The Bertz CT molecular complexity index is 1350. The Morgan fingerprint density at radius 1 is 1.03 bits per heavy atom. The van der Waals surface area contributed by atoms with Gasteiger partial charge in [0.15, 0.2) is 0 Å². The van der Waals surface area contributed by atoms with Gasteiger partial charge in [-0.1, -0.05) is 42.5 Å². The lowest BCUT2D eigenvalue weighted by Gasteiger charge is -2.08. The Morgan fingerprint density at radius 3 is 2.50 bits per heavy atom. The minimum atomic E-state index is -0.555. The summed E-state index contributed by atoms with van der Waals surface area (Å²) in [6, 6.07) is 17.8. The molecule has 2 heterocycles. The van der Waals surface area contributed by atoms with Crippen molar-refractivity contribution in [2.75, 3.05) is 5.73 Å². The number of fused-ring (bicyclic) bond motifs is 1. The molecule has 0 unspecified atom stereocenters. The number of rotatable bonds is 5. The first-order valence-electron chi connectivity index (χ1n) is 9.23. The van der Waals surface area contributed by atoms with Crippen LogP contribution in [0.3, 0.4) is 0 Å². The second kappa shape index (κ2) is 8.00. The van der Waals surface area contributed by atoms with Crippen molar-refractivity contribution in [3.05, 3.63) is 97.5 Å². The molecule has 7 nitrogen and oxygen atoms in total. The summed E-state index contributed by atoms with van der Waals surface area (Å²) in [5, 5.41) is 0.314. The van der Waals surface area contributed by atoms with Crippen molar-refractivity contribution in [1.82, 2.24) is 9.13 Å². The van der Waals surface area contributed by atoms with Crippen molar-refractivity contribution in [3.63, 3.8) is 0 Å². The Labute approximate surface area is 175 Å². The van der Waals surface area contributed by atoms with Crippen molar-refractivity contribution < 1.29 is 9.53 Å². The van der Waals surface area contributed by atoms with Gasteiger partial charge in [0, 0.05) is 12.7 Å². The summed E-state index contributed by atoms with van der Waals surface area (Å²) in [5.74, 6) is -0.555. The first kappa shape index (κ1) is 19.7. The molecule has 152 valence electrons.